The standard InChI is InChI=1S/C20H21N3OS/c1-14-10-19(15(2)23(14)18-4-3-8-21-11-18)20(24)22(17-5-6-17)12-16-7-9-25-13-16/h3-4,7-11,13,17H,5-6,12H2,1-2H3. The summed E-state index contributed by atoms with van der Waals surface area (Å²) < 4.78 is 2.11. The van der Waals surface area contributed by atoms with E-state index >= 15 is 0 Å². The Morgan fingerprint density at radius 3 is 2.84 bits per heavy atom. The molecule has 0 aromatic carbocycles. The first-order chi connectivity index (χ1) is 12.1. The Morgan fingerprint density at radius 2 is 2.20 bits per heavy atom. The minimum Gasteiger partial charge on any atom is -0.331 e. The van der Waals surface area contributed by atoms with Crippen molar-refractivity contribution in [2.24, 2.45) is 0 Å². The molecule has 1 aliphatic rings. The third-order valence-corrected chi connectivity index (χ3v) is 5.48. The Bertz CT molecular complexity index is 879. The van der Waals surface area contributed by atoms with Crippen LogP contribution >= 0.6 is 11.3 Å². The Labute approximate surface area is 151 Å². The molecule has 0 unspecified atom stereocenters. The molecule has 4 nitrogen and oxygen atoms in total. The molecule has 0 spiro atoms. The van der Waals surface area contributed by atoms with Gasteiger partial charge in [0, 0.05) is 30.2 Å². The van der Waals surface area contributed by atoms with Gasteiger partial charge in [-0.25, -0.2) is 0 Å². The Morgan fingerprint density at radius 1 is 1.36 bits per heavy atom. The second-order valence-corrected chi connectivity index (χ2v) is 7.41. The van der Waals surface area contributed by atoms with Crippen molar-refractivity contribution in [1.29, 1.82) is 0 Å². The number of thiophene rings is 1. The van der Waals surface area contributed by atoms with Crippen LogP contribution in [-0.4, -0.2) is 26.4 Å². The van der Waals surface area contributed by atoms with Gasteiger partial charge < -0.3 is 9.47 Å². The van der Waals surface area contributed by atoms with Crippen LogP contribution in [0, 0.1) is 13.8 Å². The quantitative estimate of drug-likeness (QED) is 0.685. The second kappa shape index (κ2) is 6.48. The predicted molar refractivity (Wildman–Crippen MR) is 100 cm³/mol. The first-order valence-corrected chi connectivity index (χ1v) is 9.51. The zero-order chi connectivity index (χ0) is 17.4. The SMILES string of the molecule is Cc1cc(C(=O)N(Cc2ccsc2)C2CC2)c(C)n1-c1cccnc1. The van der Waals surface area contributed by atoms with Crippen molar-refractivity contribution in [3.8, 4) is 5.69 Å². The van der Waals surface area contributed by atoms with Gasteiger partial charge in [-0.15, -0.1) is 0 Å². The molecule has 3 heterocycles. The average molecular weight is 351 g/mol. The van der Waals surface area contributed by atoms with E-state index in [2.05, 4.69) is 26.4 Å². The number of amides is 1. The average Bonchev–Trinajstić information content (AvgIpc) is 3.24. The van der Waals surface area contributed by atoms with Crippen molar-refractivity contribution in [1.82, 2.24) is 14.5 Å². The van der Waals surface area contributed by atoms with E-state index in [1.54, 1.807) is 17.5 Å². The third-order valence-electron chi connectivity index (χ3n) is 4.75. The third kappa shape index (κ3) is 3.12. The highest BCUT2D eigenvalue weighted by Crippen LogP contribution is 2.31. The molecular weight excluding hydrogens is 330 g/mol. The molecule has 5 heteroatoms. The lowest BCUT2D eigenvalue weighted by Crippen LogP contribution is -2.32. The van der Waals surface area contributed by atoms with Crippen LogP contribution < -0.4 is 0 Å². The second-order valence-electron chi connectivity index (χ2n) is 6.63. The lowest BCUT2D eigenvalue weighted by molar-refractivity contribution is 0.0729. The molecule has 3 aromatic rings. The molecule has 1 aliphatic carbocycles. The smallest absolute Gasteiger partial charge is 0.256 e. The van der Waals surface area contributed by atoms with Crippen molar-refractivity contribution in [2.45, 2.75) is 39.3 Å². The van der Waals surface area contributed by atoms with Crippen LogP contribution in [0.3, 0.4) is 0 Å². The number of pyridine rings is 1. The van der Waals surface area contributed by atoms with E-state index < -0.39 is 0 Å². The van der Waals surface area contributed by atoms with Gasteiger partial charge in [0.25, 0.3) is 5.91 Å². The van der Waals surface area contributed by atoms with Gasteiger partial charge in [-0.3, -0.25) is 9.78 Å². The predicted octanol–water partition coefficient (Wildman–Crippen LogP) is 4.36. The maximum atomic E-state index is 13.3. The molecule has 128 valence electrons. The van der Waals surface area contributed by atoms with Crippen molar-refractivity contribution in [3.63, 3.8) is 0 Å². The lowest BCUT2D eigenvalue weighted by Gasteiger charge is -2.22. The first-order valence-electron chi connectivity index (χ1n) is 8.56. The number of nitrogens with zero attached hydrogens (tertiary/aromatic N) is 3. The minimum atomic E-state index is 0.136. The van der Waals surface area contributed by atoms with Gasteiger partial charge in [0.05, 0.1) is 17.4 Å². The largest absolute Gasteiger partial charge is 0.331 e. The van der Waals surface area contributed by atoms with Crippen molar-refractivity contribution < 1.29 is 4.79 Å². The summed E-state index contributed by atoms with van der Waals surface area (Å²) in [6.07, 6.45) is 5.81. The Kier molecular flexibility index (Phi) is 4.17. The highest BCUT2D eigenvalue weighted by molar-refractivity contribution is 7.07. The fourth-order valence-corrected chi connectivity index (χ4v) is 4.01. The summed E-state index contributed by atoms with van der Waals surface area (Å²) >= 11 is 1.68. The fourth-order valence-electron chi connectivity index (χ4n) is 3.35. The van der Waals surface area contributed by atoms with Gasteiger partial charge in [0.2, 0.25) is 0 Å². The molecule has 0 aliphatic heterocycles. The van der Waals surface area contributed by atoms with E-state index in [9.17, 15) is 4.79 Å². The molecule has 1 fully saturated rings. The number of aryl methyl sites for hydroxylation is 1. The Hall–Kier alpha value is -2.40. The Balaban J connectivity index is 1.67. The summed E-state index contributed by atoms with van der Waals surface area (Å²) in [4.78, 5) is 19.5. The summed E-state index contributed by atoms with van der Waals surface area (Å²) in [7, 11) is 0. The van der Waals surface area contributed by atoms with Crippen LogP contribution in [0.25, 0.3) is 5.69 Å². The zero-order valence-corrected chi connectivity index (χ0v) is 15.3. The van der Waals surface area contributed by atoms with Gasteiger partial charge in [-0.1, -0.05) is 0 Å². The first kappa shape index (κ1) is 16.1. The molecule has 0 radical (unpaired) electrons. The van der Waals surface area contributed by atoms with Gasteiger partial charge in [-0.2, -0.15) is 11.3 Å². The molecule has 0 N–H and O–H groups in total. The van der Waals surface area contributed by atoms with Crippen molar-refractivity contribution in [2.75, 3.05) is 0 Å². The number of rotatable bonds is 5. The monoisotopic (exact) mass is 351 g/mol. The summed E-state index contributed by atoms with van der Waals surface area (Å²) in [5.41, 5.74) is 5.04. The number of carbonyl (C=O) groups excluding carboxylic acids is 1. The van der Waals surface area contributed by atoms with Crippen LogP contribution in [-0.2, 0) is 6.54 Å². The zero-order valence-electron chi connectivity index (χ0n) is 14.5. The number of hydrogen-bond acceptors (Lipinski definition) is 3. The summed E-state index contributed by atoms with van der Waals surface area (Å²) in [5.74, 6) is 0.136. The van der Waals surface area contributed by atoms with Crippen LogP contribution in [0.15, 0.2) is 47.4 Å². The molecule has 1 saturated carbocycles. The number of carbonyl (C=O) groups is 1. The molecule has 3 aromatic heterocycles. The van der Waals surface area contributed by atoms with Crippen LogP contribution in [0.4, 0.5) is 0 Å². The topological polar surface area (TPSA) is 38.1 Å². The van der Waals surface area contributed by atoms with E-state index in [-0.39, 0.29) is 5.91 Å². The van der Waals surface area contributed by atoms with Gasteiger partial charge in [0.15, 0.2) is 0 Å². The highest BCUT2D eigenvalue weighted by atomic mass is 32.1. The number of hydrogen-bond donors (Lipinski definition) is 0. The van der Waals surface area contributed by atoms with Crippen molar-refractivity contribution in [3.05, 3.63) is 69.9 Å². The molecule has 0 saturated heterocycles. The molecule has 0 bridgehead atoms. The molecular formula is C20H21N3OS. The molecule has 0 atom stereocenters. The maximum absolute atomic E-state index is 13.3. The van der Waals surface area contributed by atoms with E-state index in [1.165, 1.54) is 5.56 Å². The highest BCUT2D eigenvalue weighted by Gasteiger charge is 2.34. The lowest BCUT2D eigenvalue weighted by atomic mass is 10.2. The summed E-state index contributed by atoms with van der Waals surface area (Å²) in [6.45, 7) is 4.75. The maximum Gasteiger partial charge on any atom is 0.256 e. The van der Waals surface area contributed by atoms with Gasteiger partial charge in [-0.05, 0) is 67.3 Å². The van der Waals surface area contributed by atoms with Gasteiger partial charge in [0.1, 0.15) is 0 Å². The van der Waals surface area contributed by atoms with Crippen molar-refractivity contribution >= 4 is 17.2 Å². The molecule has 1 amide bonds. The normalized spacial score (nSPS) is 13.8. The van der Waals surface area contributed by atoms with Crippen LogP contribution in [0.1, 0.15) is 40.2 Å². The summed E-state index contributed by atoms with van der Waals surface area (Å²) in [6, 6.07) is 8.43. The van der Waals surface area contributed by atoms with E-state index in [1.807, 2.05) is 43.1 Å². The van der Waals surface area contributed by atoms with Crippen LogP contribution in [0.5, 0.6) is 0 Å². The summed E-state index contributed by atoms with van der Waals surface area (Å²) in [5, 5.41) is 4.20. The number of aromatic nitrogens is 2. The molecule has 25 heavy (non-hydrogen) atoms. The minimum absolute atomic E-state index is 0.136. The fraction of sp³-hybridized carbons (Fsp3) is 0.300. The molecule has 4 rings (SSSR count). The van der Waals surface area contributed by atoms with E-state index in [0.717, 1.165) is 35.5 Å². The van der Waals surface area contributed by atoms with Gasteiger partial charge >= 0.3 is 0 Å². The van der Waals surface area contributed by atoms with E-state index in [4.69, 9.17) is 0 Å². The van der Waals surface area contributed by atoms with E-state index in [0.29, 0.717) is 12.6 Å². The van der Waals surface area contributed by atoms with Crippen LogP contribution in [0.2, 0.25) is 0 Å².